The zero-order valence-corrected chi connectivity index (χ0v) is 13.2. The molecule has 2 aromatic heterocycles. The highest BCUT2D eigenvalue weighted by Gasteiger charge is 2.26. The average molecular weight is 311 g/mol. The van der Waals surface area contributed by atoms with Crippen LogP contribution in [0.5, 0.6) is 0 Å². The molecule has 0 spiro atoms. The van der Waals surface area contributed by atoms with E-state index in [2.05, 4.69) is 15.5 Å². The maximum absolute atomic E-state index is 12.7. The third-order valence-corrected chi connectivity index (χ3v) is 3.88. The van der Waals surface area contributed by atoms with Gasteiger partial charge in [-0.2, -0.15) is 0 Å². The molecule has 2 aromatic rings. The number of rotatable bonds is 2. The molecule has 3 heterocycles. The first-order chi connectivity index (χ1) is 9.58. The summed E-state index contributed by atoms with van der Waals surface area (Å²) in [5, 5.41) is 7.91. The Balaban J connectivity index is 0.00000161. The first-order valence-corrected chi connectivity index (χ1v) is 6.79. The topological polar surface area (TPSA) is 71.3 Å². The lowest BCUT2D eigenvalue weighted by molar-refractivity contribution is 0.0745. The van der Waals surface area contributed by atoms with Gasteiger partial charge in [0.1, 0.15) is 0 Å². The summed E-state index contributed by atoms with van der Waals surface area (Å²) in [7, 11) is 1.85. The molecule has 1 aliphatic rings. The molecule has 1 unspecified atom stereocenters. The minimum absolute atomic E-state index is 0. The van der Waals surface area contributed by atoms with E-state index in [1.807, 2.05) is 27.0 Å². The fraction of sp³-hybridized carbons (Fsp3) is 0.500. The number of aryl methyl sites for hydroxylation is 2. The number of nitrogens with zero attached hydrogens (tertiary/aromatic N) is 3. The number of likely N-dealkylation sites (N-methyl/N-ethyl adjacent to an activating group) is 1. The van der Waals surface area contributed by atoms with Gasteiger partial charge in [-0.3, -0.25) is 4.79 Å². The van der Waals surface area contributed by atoms with Crippen LogP contribution in [0.3, 0.4) is 0 Å². The predicted molar refractivity (Wildman–Crippen MR) is 81.9 cm³/mol. The van der Waals surface area contributed by atoms with Crippen molar-refractivity contribution in [3.63, 3.8) is 0 Å². The summed E-state index contributed by atoms with van der Waals surface area (Å²) >= 11 is 0. The van der Waals surface area contributed by atoms with Crippen molar-refractivity contribution in [1.29, 1.82) is 0 Å². The van der Waals surface area contributed by atoms with E-state index >= 15 is 0 Å². The minimum atomic E-state index is 0. The third-order valence-electron chi connectivity index (χ3n) is 3.88. The van der Waals surface area contributed by atoms with Crippen LogP contribution in [0.15, 0.2) is 10.6 Å². The van der Waals surface area contributed by atoms with Crippen LogP contribution in [0.4, 0.5) is 0 Å². The predicted octanol–water partition coefficient (Wildman–Crippen LogP) is 1.70. The third kappa shape index (κ3) is 2.73. The quantitative estimate of drug-likeness (QED) is 0.914. The van der Waals surface area contributed by atoms with Crippen LogP contribution in [0, 0.1) is 13.8 Å². The van der Waals surface area contributed by atoms with Crippen molar-refractivity contribution in [2.45, 2.75) is 26.3 Å². The van der Waals surface area contributed by atoms with Gasteiger partial charge >= 0.3 is 0 Å². The Kier molecular flexibility index (Phi) is 4.49. The van der Waals surface area contributed by atoms with E-state index in [1.165, 1.54) is 0 Å². The summed E-state index contributed by atoms with van der Waals surface area (Å²) in [6.45, 7) is 5.49. The van der Waals surface area contributed by atoms with E-state index in [9.17, 15) is 4.79 Å². The van der Waals surface area contributed by atoms with Crippen molar-refractivity contribution in [2.75, 3.05) is 20.1 Å². The van der Waals surface area contributed by atoms with Crippen LogP contribution in [-0.4, -0.2) is 47.1 Å². The van der Waals surface area contributed by atoms with Crippen molar-refractivity contribution in [2.24, 2.45) is 0 Å². The number of carbonyl (C=O) groups excluding carboxylic acids is 1. The Hall–Kier alpha value is -1.66. The molecular weight excluding hydrogens is 292 g/mol. The minimum Gasteiger partial charge on any atom is -0.337 e. The standard InChI is InChI=1S/C14H18N4O2.ClH/c1-8-6-11(12-9(2)17-20-13(12)16-8)14(19)18(3)10-4-5-15-7-10;/h6,10,15H,4-5,7H2,1-3H3;1H. The molecule has 1 saturated heterocycles. The van der Waals surface area contributed by atoms with Gasteiger partial charge in [0.2, 0.25) is 0 Å². The Bertz CT molecular complexity index is 664. The number of hydrogen-bond donors (Lipinski definition) is 1. The van der Waals surface area contributed by atoms with Crippen molar-refractivity contribution < 1.29 is 9.32 Å². The van der Waals surface area contributed by atoms with Crippen LogP contribution in [0.1, 0.15) is 28.2 Å². The van der Waals surface area contributed by atoms with Crippen LogP contribution >= 0.6 is 12.4 Å². The monoisotopic (exact) mass is 310 g/mol. The van der Waals surface area contributed by atoms with Gasteiger partial charge in [0.05, 0.1) is 16.6 Å². The van der Waals surface area contributed by atoms with Gasteiger partial charge in [-0.15, -0.1) is 12.4 Å². The number of aromatic nitrogens is 2. The van der Waals surface area contributed by atoms with Gasteiger partial charge in [-0.1, -0.05) is 5.16 Å². The zero-order valence-electron chi connectivity index (χ0n) is 12.3. The molecule has 1 fully saturated rings. The van der Waals surface area contributed by atoms with E-state index in [0.717, 1.165) is 30.6 Å². The highest BCUT2D eigenvalue weighted by atomic mass is 35.5. The second kappa shape index (κ2) is 5.99. The van der Waals surface area contributed by atoms with E-state index in [-0.39, 0.29) is 24.4 Å². The van der Waals surface area contributed by atoms with Gasteiger partial charge in [-0.25, -0.2) is 4.98 Å². The van der Waals surface area contributed by atoms with E-state index in [0.29, 0.717) is 17.0 Å². The number of halogens is 1. The van der Waals surface area contributed by atoms with Crippen LogP contribution < -0.4 is 5.32 Å². The number of carbonyl (C=O) groups is 1. The van der Waals surface area contributed by atoms with E-state index < -0.39 is 0 Å². The summed E-state index contributed by atoms with van der Waals surface area (Å²) in [5.74, 6) is 0.000463. The first kappa shape index (κ1) is 15.7. The summed E-state index contributed by atoms with van der Waals surface area (Å²) in [6, 6.07) is 2.06. The van der Waals surface area contributed by atoms with Crippen LogP contribution in [0.25, 0.3) is 11.1 Å². The van der Waals surface area contributed by atoms with Crippen LogP contribution in [0.2, 0.25) is 0 Å². The molecule has 3 rings (SSSR count). The highest BCUT2D eigenvalue weighted by Crippen LogP contribution is 2.24. The molecular formula is C14H19ClN4O2. The lowest BCUT2D eigenvalue weighted by Crippen LogP contribution is -2.38. The highest BCUT2D eigenvalue weighted by molar-refractivity contribution is 6.06. The molecule has 0 aliphatic carbocycles. The smallest absolute Gasteiger partial charge is 0.258 e. The Morgan fingerprint density at radius 1 is 1.48 bits per heavy atom. The molecule has 1 aliphatic heterocycles. The second-order valence-corrected chi connectivity index (χ2v) is 5.32. The maximum atomic E-state index is 12.7. The molecule has 21 heavy (non-hydrogen) atoms. The summed E-state index contributed by atoms with van der Waals surface area (Å²) in [5.41, 5.74) is 2.52. The van der Waals surface area contributed by atoms with Crippen molar-refractivity contribution in [3.05, 3.63) is 23.0 Å². The molecule has 1 N–H and O–H groups in total. The first-order valence-electron chi connectivity index (χ1n) is 6.79. The number of fused-ring (bicyclic) bond motifs is 1. The van der Waals surface area contributed by atoms with Gasteiger partial charge in [0.25, 0.3) is 11.6 Å². The molecule has 7 heteroatoms. The summed E-state index contributed by atoms with van der Waals surface area (Å²) in [4.78, 5) is 18.8. The Labute approximate surface area is 129 Å². The largest absolute Gasteiger partial charge is 0.337 e. The molecule has 114 valence electrons. The molecule has 0 saturated carbocycles. The van der Waals surface area contributed by atoms with E-state index in [1.54, 1.807) is 4.90 Å². The summed E-state index contributed by atoms with van der Waals surface area (Å²) < 4.78 is 5.18. The van der Waals surface area contributed by atoms with Crippen molar-refractivity contribution in [3.8, 4) is 0 Å². The number of hydrogen-bond acceptors (Lipinski definition) is 5. The van der Waals surface area contributed by atoms with Gasteiger partial charge in [0, 0.05) is 25.3 Å². The number of pyridine rings is 1. The normalized spacial score (nSPS) is 17.8. The number of amides is 1. The molecule has 1 amide bonds. The Morgan fingerprint density at radius 3 is 2.90 bits per heavy atom. The van der Waals surface area contributed by atoms with Crippen molar-refractivity contribution >= 4 is 29.4 Å². The fourth-order valence-corrected chi connectivity index (χ4v) is 2.71. The van der Waals surface area contributed by atoms with E-state index in [4.69, 9.17) is 4.52 Å². The molecule has 0 radical (unpaired) electrons. The molecule has 0 bridgehead atoms. The molecule has 1 atom stereocenters. The average Bonchev–Trinajstić information content (AvgIpc) is 3.06. The number of nitrogens with one attached hydrogen (secondary N) is 1. The molecule has 6 nitrogen and oxygen atoms in total. The molecule has 0 aromatic carbocycles. The lowest BCUT2D eigenvalue weighted by atomic mass is 10.1. The van der Waals surface area contributed by atoms with Gasteiger partial charge < -0.3 is 14.7 Å². The Morgan fingerprint density at radius 2 is 2.24 bits per heavy atom. The maximum Gasteiger partial charge on any atom is 0.258 e. The summed E-state index contributed by atoms with van der Waals surface area (Å²) in [6.07, 6.45) is 0.984. The van der Waals surface area contributed by atoms with Gasteiger partial charge in [0.15, 0.2) is 0 Å². The van der Waals surface area contributed by atoms with Gasteiger partial charge in [-0.05, 0) is 32.9 Å². The SMILES string of the molecule is Cc1cc(C(=O)N(C)C2CCNC2)c2c(C)noc2n1.Cl. The zero-order chi connectivity index (χ0) is 14.3. The lowest BCUT2D eigenvalue weighted by Gasteiger charge is -2.24. The van der Waals surface area contributed by atoms with Crippen LogP contribution in [-0.2, 0) is 0 Å². The second-order valence-electron chi connectivity index (χ2n) is 5.32. The van der Waals surface area contributed by atoms with Crippen molar-refractivity contribution in [1.82, 2.24) is 20.4 Å². The fourth-order valence-electron chi connectivity index (χ4n) is 2.71.